The molecular formula is C21H24F3N3O3S. The van der Waals surface area contributed by atoms with Crippen molar-refractivity contribution in [2.75, 3.05) is 30.9 Å². The lowest BCUT2D eigenvalue weighted by molar-refractivity contribution is -0.137. The molecular weight excluding hydrogens is 431 g/mol. The summed E-state index contributed by atoms with van der Waals surface area (Å²) in [7, 11) is -4.33. The zero-order valence-corrected chi connectivity index (χ0v) is 18.0. The number of amides is 1. The van der Waals surface area contributed by atoms with Crippen LogP contribution in [0.3, 0.4) is 0 Å². The second-order valence-electron chi connectivity index (χ2n) is 7.60. The summed E-state index contributed by atoms with van der Waals surface area (Å²) in [4.78, 5) is 16.4. The maximum atomic E-state index is 13.0. The Morgan fingerprint density at radius 1 is 1.00 bits per heavy atom. The second-order valence-corrected chi connectivity index (χ2v) is 9.28. The molecule has 3 rings (SSSR count). The highest BCUT2D eigenvalue weighted by molar-refractivity contribution is 7.92. The highest BCUT2D eigenvalue weighted by atomic mass is 32.2. The minimum atomic E-state index is -4.67. The molecule has 31 heavy (non-hydrogen) atoms. The quantitative estimate of drug-likeness (QED) is 0.747. The van der Waals surface area contributed by atoms with Gasteiger partial charge in [0.15, 0.2) is 0 Å². The topological polar surface area (TPSA) is 69.7 Å². The average Bonchev–Trinajstić information content (AvgIpc) is 2.73. The molecule has 2 aromatic rings. The summed E-state index contributed by atoms with van der Waals surface area (Å²) in [6.45, 7) is 6.59. The molecule has 10 heteroatoms. The number of hydrogen-bond acceptors (Lipinski definition) is 4. The largest absolute Gasteiger partial charge is 0.416 e. The van der Waals surface area contributed by atoms with Crippen molar-refractivity contribution in [3.63, 3.8) is 0 Å². The van der Waals surface area contributed by atoms with Gasteiger partial charge in [-0.2, -0.15) is 13.2 Å². The summed E-state index contributed by atoms with van der Waals surface area (Å²) < 4.78 is 66.7. The molecule has 0 spiro atoms. The molecule has 0 aliphatic carbocycles. The number of carbonyl (C=O) groups is 1. The van der Waals surface area contributed by atoms with Crippen molar-refractivity contribution in [2.24, 2.45) is 0 Å². The van der Waals surface area contributed by atoms with Gasteiger partial charge in [0.25, 0.3) is 15.9 Å². The molecule has 1 aliphatic rings. The van der Waals surface area contributed by atoms with Crippen LogP contribution in [0.5, 0.6) is 0 Å². The normalized spacial score (nSPS) is 15.9. The van der Waals surface area contributed by atoms with Gasteiger partial charge in [-0.15, -0.1) is 0 Å². The van der Waals surface area contributed by atoms with Crippen molar-refractivity contribution >= 4 is 21.6 Å². The molecule has 1 saturated heterocycles. The van der Waals surface area contributed by atoms with Crippen LogP contribution < -0.4 is 4.72 Å². The number of carbonyl (C=O) groups excluding carboxylic acids is 1. The van der Waals surface area contributed by atoms with E-state index < -0.39 is 26.7 Å². The Kier molecular flexibility index (Phi) is 6.61. The third-order valence-electron chi connectivity index (χ3n) is 5.21. The van der Waals surface area contributed by atoms with Crippen LogP contribution in [0.1, 0.15) is 29.8 Å². The molecule has 0 bridgehead atoms. The van der Waals surface area contributed by atoms with Gasteiger partial charge in [-0.3, -0.25) is 14.4 Å². The predicted molar refractivity (Wildman–Crippen MR) is 111 cm³/mol. The van der Waals surface area contributed by atoms with Gasteiger partial charge in [-0.25, -0.2) is 8.42 Å². The molecule has 1 amide bonds. The Morgan fingerprint density at radius 3 is 2.26 bits per heavy atom. The maximum absolute atomic E-state index is 13.0. The van der Waals surface area contributed by atoms with E-state index in [1.54, 1.807) is 17.0 Å². The van der Waals surface area contributed by atoms with Gasteiger partial charge < -0.3 is 4.90 Å². The van der Waals surface area contributed by atoms with Crippen molar-refractivity contribution in [1.29, 1.82) is 0 Å². The van der Waals surface area contributed by atoms with Crippen LogP contribution in [0.15, 0.2) is 53.4 Å². The van der Waals surface area contributed by atoms with E-state index in [0.717, 1.165) is 18.2 Å². The van der Waals surface area contributed by atoms with Crippen LogP contribution in [-0.4, -0.2) is 56.3 Å². The van der Waals surface area contributed by atoms with Crippen LogP contribution in [-0.2, 0) is 16.2 Å². The SMILES string of the molecule is CC(C)N1CCN(C(=O)c2ccccc2NS(=O)(=O)c2cccc(C(F)(F)F)c2)CC1. The summed E-state index contributed by atoms with van der Waals surface area (Å²) in [6.07, 6.45) is -4.67. The molecule has 1 aliphatic heterocycles. The lowest BCUT2D eigenvalue weighted by Crippen LogP contribution is -2.50. The third kappa shape index (κ3) is 5.37. The van der Waals surface area contributed by atoms with Crippen LogP contribution >= 0.6 is 0 Å². The van der Waals surface area contributed by atoms with E-state index in [1.165, 1.54) is 12.1 Å². The minimum absolute atomic E-state index is 0.0243. The van der Waals surface area contributed by atoms with Gasteiger partial charge in [0, 0.05) is 32.2 Å². The Labute approximate surface area is 179 Å². The second kappa shape index (κ2) is 8.88. The van der Waals surface area contributed by atoms with Gasteiger partial charge >= 0.3 is 6.18 Å². The van der Waals surface area contributed by atoms with E-state index in [-0.39, 0.29) is 17.2 Å². The number of para-hydroxylation sites is 1. The van der Waals surface area contributed by atoms with Crippen LogP contribution in [0, 0.1) is 0 Å². The Bertz CT molecular complexity index is 1050. The molecule has 0 atom stereocenters. The summed E-state index contributed by atoms with van der Waals surface area (Å²) in [5, 5.41) is 0. The maximum Gasteiger partial charge on any atom is 0.416 e. The molecule has 0 unspecified atom stereocenters. The molecule has 2 aromatic carbocycles. The van der Waals surface area contributed by atoms with Gasteiger partial charge in [0.1, 0.15) is 0 Å². The number of rotatable bonds is 5. The molecule has 1 heterocycles. The number of nitrogens with one attached hydrogen (secondary N) is 1. The van der Waals surface area contributed by atoms with Crippen molar-refractivity contribution < 1.29 is 26.4 Å². The van der Waals surface area contributed by atoms with E-state index in [1.807, 2.05) is 0 Å². The molecule has 0 aromatic heterocycles. The Hall–Kier alpha value is -2.59. The fourth-order valence-electron chi connectivity index (χ4n) is 3.41. The first-order chi connectivity index (χ1) is 14.5. The zero-order valence-electron chi connectivity index (χ0n) is 17.2. The zero-order chi connectivity index (χ0) is 22.8. The number of hydrogen-bond donors (Lipinski definition) is 1. The van der Waals surface area contributed by atoms with E-state index in [9.17, 15) is 26.4 Å². The number of anilines is 1. The van der Waals surface area contributed by atoms with Crippen molar-refractivity contribution in [2.45, 2.75) is 31.0 Å². The number of halogens is 3. The fraction of sp³-hybridized carbons (Fsp3) is 0.381. The first-order valence-electron chi connectivity index (χ1n) is 9.81. The smallest absolute Gasteiger partial charge is 0.336 e. The first kappa shape index (κ1) is 23.1. The molecule has 1 N–H and O–H groups in total. The van der Waals surface area contributed by atoms with Gasteiger partial charge in [-0.05, 0) is 44.2 Å². The third-order valence-corrected chi connectivity index (χ3v) is 6.57. The summed E-state index contributed by atoms with van der Waals surface area (Å²) in [5.74, 6) is -0.328. The Balaban J connectivity index is 1.83. The molecule has 0 saturated carbocycles. The van der Waals surface area contributed by atoms with Crippen LogP contribution in [0.25, 0.3) is 0 Å². The van der Waals surface area contributed by atoms with E-state index in [4.69, 9.17) is 0 Å². The number of benzene rings is 2. The van der Waals surface area contributed by atoms with Crippen LogP contribution in [0.4, 0.5) is 18.9 Å². The Morgan fingerprint density at radius 2 is 1.65 bits per heavy atom. The van der Waals surface area contributed by atoms with Gasteiger partial charge in [0.2, 0.25) is 0 Å². The average molecular weight is 456 g/mol. The standard InChI is InChI=1S/C21H24F3N3O3S/c1-15(2)26-10-12-27(13-11-26)20(28)18-8-3-4-9-19(18)25-31(29,30)17-7-5-6-16(14-17)21(22,23)24/h3-9,14-15,25H,10-13H2,1-2H3. The van der Waals surface area contributed by atoms with Crippen molar-refractivity contribution in [1.82, 2.24) is 9.80 Å². The number of sulfonamides is 1. The molecule has 0 radical (unpaired) electrons. The summed E-state index contributed by atoms with van der Waals surface area (Å²) >= 11 is 0. The summed E-state index contributed by atoms with van der Waals surface area (Å²) in [6, 6.07) is 9.92. The monoisotopic (exact) mass is 455 g/mol. The lowest BCUT2D eigenvalue weighted by atomic mass is 10.1. The highest BCUT2D eigenvalue weighted by Crippen LogP contribution is 2.31. The van der Waals surface area contributed by atoms with Crippen LogP contribution in [0.2, 0.25) is 0 Å². The van der Waals surface area contributed by atoms with Gasteiger partial charge in [0.05, 0.1) is 21.7 Å². The van der Waals surface area contributed by atoms with E-state index in [2.05, 4.69) is 23.5 Å². The van der Waals surface area contributed by atoms with Gasteiger partial charge in [-0.1, -0.05) is 18.2 Å². The number of nitrogens with zero attached hydrogens (tertiary/aromatic N) is 2. The van der Waals surface area contributed by atoms with Crippen molar-refractivity contribution in [3.05, 3.63) is 59.7 Å². The van der Waals surface area contributed by atoms with Crippen molar-refractivity contribution in [3.8, 4) is 0 Å². The highest BCUT2D eigenvalue weighted by Gasteiger charge is 2.32. The molecule has 1 fully saturated rings. The molecule has 6 nitrogen and oxygen atoms in total. The summed E-state index contributed by atoms with van der Waals surface area (Å²) in [5.41, 5.74) is -0.894. The van der Waals surface area contributed by atoms with E-state index in [0.29, 0.717) is 38.3 Å². The first-order valence-corrected chi connectivity index (χ1v) is 11.3. The predicted octanol–water partition coefficient (Wildman–Crippen LogP) is 3.67. The lowest BCUT2D eigenvalue weighted by Gasteiger charge is -2.37. The van der Waals surface area contributed by atoms with E-state index >= 15 is 0 Å². The number of piperazine rings is 1. The minimum Gasteiger partial charge on any atom is -0.336 e. The number of alkyl halides is 3. The fourth-order valence-corrected chi connectivity index (χ4v) is 4.54. The molecule has 168 valence electrons.